The van der Waals surface area contributed by atoms with Crippen molar-refractivity contribution in [2.24, 2.45) is 0 Å². The molecule has 1 aliphatic rings. The van der Waals surface area contributed by atoms with Crippen molar-refractivity contribution in [3.63, 3.8) is 0 Å². The van der Waals surface area contributed by atoms with Gasteiger partial charge in [-0.15, -0.1) is 4.83 Å². The lowest BCUT2D eigenvalue weighted by atomic mass is 10.3. The molecule has 0 saturated carbocycles. The van der Waals surface area contributed by atoms with Crippen molar-refractivity contribution in [2.75, 3.05) is 20.8 Å². The van der Waals surface area contributed by atoms with Crippen molar-refractivity contribution in [1.82, 2.24) is 15.2 Å². The van der Waals surface area contributed by atoms with Gasteiger partial charge in [-0.05, 0) is 12.1 Å². The minimum atomic E-state index is -4.03. The van der Waals surface area contributed by atoms with Crippen LogP contribution in [-0.2, 0) is 14.8 Å². The highest BCUT2D eigenvalue weighted by molar-refractivity contribution is 7.89. The standard InChI is InChI=1S/C11H13N3O6S/c1-19-8-4-3-7(5-9(8)20-2)21(17,18)13-14-6-10(15)12-11(14)16/h3-5,13H,6H2,1-2H3,(H,12,15,16). The number of methoxy groups -OCH3 is 2. The molecule has 1 saturated heterocycles. The van der Waals surface area contributed by atoms with E-state index in [4.69, 9.17) is 9.47 Å². The van der Waals surface area contributed by atoms with E-state index in [1.54, 1.807) is 0 Å². The van der Waals surface area contributed by atoms with Crippen LogP contribution in [0.2, 0.25) is 0 Å². The molecule has 0 unspecified atom stereocenters. The predicted molar refractivity (Wildman–Crippen MR) is 70.1 cm³/mol. The van der Waals surface area contributed by atoms with E-state index >= 15 is 0 Å². The van der Waals surface area contributed by atoms with Crippen LogP contribution in [0.3, 0.4) is 0 Å². The van der Waals surface area contributed by atoms with Gasteiger partial charge in [0.1, 0.15) is 6.54 Å². The van der Waals surface area contributed by atoms with Gasteiger partial charge in [-0.1, -0.05) is 0 Å². The first-order valence-electron chi connectivity index (χ1n) is 5.73. The van der Waals surface area contributed by atoms with Gasteiger partial charge in [-0.25, -0.2) is 18.2 Å². The Morgan fingerprint density at radius 1 is 1.19 bits per heavy atom. The highest BCUT2D eigenvalue weighted by Crippen LogP contribution is 2.29. The molecule has 0 aromatic heterocycles. The van der Waals surface area contributed by atoms with Crippen LogP contribution in [0.5, 0.6) is 11.5 Å². The maximum atomic E-state index is 12.2. The molecule has 0 aliphatic carbocycles. The minimum absolute atomic E-state index is 0.132. The van der Waals surface area contributed by atoms with Crippen molar-refractivity contribution in [1.29, 1.82) is 0 Å². The molecule has 1 aliphatic heterocycles. The second kappa shape index (κ2) is 5.58. The Balaban J connectivity index is 2.27. The van der Waals surface area contributed by atoms with Crippen LogP contribution >= 0.6 is 0 Å². The van der Waals surface area contributed by atoms with Crippen LogP contribution in [-0.4, -0.2) is 46.1 Å². The molecule has 3 amide bonds. The summed E-state index contributed by atoms with van der Waals surface area (Å²) in [4.78, 5) is 24.2. The molecule has 1 aromatic carbocycles. The summed E-state index contributed by atoms with van der Waals surface area (Å²) in [7, 11) is -1.24. The fourth-order valence-corrected chi connectivity index (χ4v) is 2.75. The van der Waals surface area contributed by atoms with E-state index in [-0.39, 0.29) is 17.2 Å². The molecule has 2 rings (SSSR count). The third-order valence-corrected chi connectivity index (χ3v) is 4.02. The summed E-state index contributed by atoms with van der Waals surface area (Å²) in [5.41, 5.74) is 0. The number of amides is 3. The summed E-state index contributed by atoms with van der Waals surface area (Å²) in [6.07, 6.45) is 0. The SMILES string of the molecule is COc1ccc(S(=O)(=O)NN2CC(=O)NC2=O)cc1OC. The quantitative estimate of drug-likeness (QED) is 0.705. The maximum absolute atomic E-state index is 12.2. The molecule has 1 aromatic rings. The van der Waals surface area contributed by atoms with Gasteiger partial charge in [-0.3, -0.25) is 10.1 Å². The summed E-state index contributed by atoms with van der Waals surface area (Å²) in [5, 5.41) is 2.63. The van der Waals surface area contributed by atoms with E-state index in [1.165, 1.54) is 32.4 Å². The van der Waals surface area contributed by atoms with E-state index in [0.29, 0.717) is 10.8 Å². The van der Waals surface area contributed by atoms with Crippen LogP contribution < -0.4 is 19.6 Å². The number of urea groups is 1. The van der Waals surface area contributed by atoms with Crippen LogP contribution in [0.25, 0.3) is 0 Å². The van der Waals surface area contributed by atoms with Crippen molar-refractivity contribution >= 4 is 22.0 Å². The number of ether oxygens (including phenoxy) is 2. The first-order valence-corrected chi connectivity index (χ1v) is 7.21. The second-order valence-corrected chi connectivity index (χ2v) is 5.71. The molecule has 2 N–H and O–H groups in total. The average molecular weight is 315 g/mol. The molecular formula is C11H13N3O6S. The summed E-state index contributed by atoms with van der Waals surface area (Å²) in [6, 6.07) is 3.13. The Kier molecular flexibility index (Phi) is 4.00. The second-order valence-electron chi connectivity index (χ2n) is 4.05. The summed E-state index contributed by atoms with van der Waals surface area (Å²) < 4.78 is 34.4. The minimum Gasteiger partial charge on any atom is -0.493 e. The number of sulfonamides is 1. The van der Waals surface area contributed by atoms with E-state index in [0.717, 1.165) is 0 Å². The van der Waals surface area contributed by atoms with Gasteiger partial charge in [0.05, 0.1) is 19.1 Å². The zero-order valence-corrected chi connectivity index (χ0v) is 12.1. The van der Waals surface area contributed by atoms with E-state index in [2.05, 4.69) is 0 Å². The smallest absolute Gasteiger partial charge is 0.339 e. The van der Waals surface area contributed by atoms with Gasteiger partial charge < -0.3 is 9.47 Å². The molecule has 1 fully saturated rings. The number of carbonyl (C=O) groups excluding carboxylic acids is 2. The molecule has 1 heterocycles. The van der Waals surface area contributed by atoms with Gasteiger partial charge >= 0.3 is 6.03 Å². The number of hydrogen-bond acceptors (Lipinski definition) is 6. The largest absolute Gasteiger partial charge is 0.493 e. The molecule has 0 bridgehead atoms. The van der Waals surface area contributed by atoms with Crippen LogP contribution in [0, 0.1) is 0 Å². The predicted octanol–water partition coefficient (Wildman–Crippen LogP) is -0.551. The van der Waals surface area contributed by atoms with Crippen molar-refractivity contribution < 1.29 is 27.5 Å². The Morgan fingerprint density at radius 2 is 1.86 bits per heavy atom. The average Bonchev–Trinajstić information content (AvgIpc) is 2.75. The van der Waals surface area contributed by atoms with Crippen molar-refractivity contribution in [3.05, 3.63) is 18.2 Å². The fourth-order valence-electron chi connectivity index (χ4n) is 1.70. The Hall–Kier alpha value is -2.33. The number of carbonyl (C=O) groups is 2. The van der Waals surface area contributed by atoms with Gasteiger partial charge in [-0.2, -0.15) is 0 Å². The van der Waals surface area contributed by atoms with Crippen LogP contribution in [0.15, 0.2) is 23.1 Å². The lowest BCUT2D eigenvalue weighted by Crippen LogP contribution is -2.44. The number of imide groups is 1. The zero-order valence-electron chi connectivity index (χ0n) is 11.2. The zero-order chi connectivity index (χ0) is 15.6. The summed E-state index contributed by atoms with van der Waals surface area (Å²) in [5.74, 6) is 0.00267. The number of nitrogens with zero attached hydrogens (tertiary/aromatic N) is 1. The van der Waals surface area contributed by atoms with Gasteiger partial charge in [0.2, 0.25) is 5.91 Å². The molecule has 21 heavy (non-hydrogen) atoms. The van der Waals surface area contributed by atoms with E-state index in [9.17, 15) is 18.0 Å². The normalized spacial score (nSPS) is 15.0. The number of hydrazine groups is 1. The highest BCUT2D eigenvalue weighted by atomic mass is 32.2. The van der Waals surface area contributed by atoms with Gasteiger partial charge in [0.25, 0.3) is 10.0 Å². The first-order chi connectivity index (χ1) is 9.87. The van der Waals surface area contributed by atoms with Crippen LogP contribution in [0.4, 0.5) is 4.79 Å². The van der Waals surface area contributed by atoms with Gasteiger partial charge in [0.15, 0.2) is 11.5 Å². The molecule has 10 heteroatoms. The highest BCUT2D eigenvalue weighted by Gasteiger charge is 2.31. The molecule has 0 radical (unpaired) electrons. The van der Waals surface area contributed by atoms with Crippen molar-refractivity contribution in [3.8, 4) is 11.5 Å². The summed E-state index contributed by atoms with van der Waals surface area (Å²) in [6.45, 7) is -0.384. The van der Waals surface area contributed by atoms with E-state index < -0.39 is 22.0 Å². The maximum Gasteiger partial charge on any atom is 0.339 e. The third-order valence-electron chi connectivity index (χ3n) is 2.69. The van der Waals surface area contributed by atoms with Gasteiger partial charge in [0, 0.05) is 6.07 Å². The van der Waals surface area contributed by atoms with Crippen molar-refractivity contribution in [2.45, 2.75) is 4.90 Å². The summed E-state index contributed by atoms with van der Waals surface area (Å²) >= 11 is 0. The van der Waals surface area contributed by atoms with Crippen LogP contribution in [0.1, 0.15) is 0 Å². The lowest BCUT2D eigenvalue weighted by Gasteiger charge is -2.16. The third kappa shape index (κ3) is 3.06. The Labute approximate surface area is 120 Å². The number of hydrogen-bond donors (Lipinski definition) is 2. The number of nitrogens with one attached hydrogen (secondary N) is 2. The lowest BCUT2D eigenvalue weighted by molar-refractivity contribution is -0.118. The molecule has 0 spiro atoms. The fraction of sp³-hybridized carbons (Fsp3) is 0.273. The molecule has 0 atom stereocenters. The topological polar surface area (TPSA) is 114 Å². The van der Waals surface area contributed by atoms with E-state index in [1.807, 2.05) is 10.1 Å². The Morgan fingerprint density at radius 3 is 2.38 bits per heavy atom. The number of rotatable bonds is 5. The number of benzene rings is 1. The first kappa shape index (κ1) is 15.1. The molecule has 9 nitrogen and oxygen atoms in total. The molecular weight excluding hydrogens is 302 g/mol. The Bertz CT molecular complexity index is 687. The molecule has 114 valence electrons. The monoisotopic (exact) mass is 315 g/mol.